The summed E-state index contributed by atoms with van der Waals surface area (Å²) >= 11 is 18.2. The van der Waals surface area contributed by atoms with Crippen molar-refractivity contribution >= 4 is 61.7 Å². The normalized spacial score (nSPS) is 11.7. The molecule has 0 amide bonds. The number of nitrogens with one attached hydrogen (secondary N) is 2. The van der Waals surface area contributed by atoms with E-state index < -0.39 is 16.0 Å². The first kappa shape index (κ1) is 23.6. The molecule has 4 aromatic rings. The first-order chi connectivity index (χ1) is 15.6. The van der Waals surface area contributed by atoms with E-state index in [-0.39, 0.29) is 22.9 Å². The predicted octanol–water partition coefficient (Wildman–Crippen LogP) is 5.90. The van der Waals surface area contributed by atoms with Crippen molar-refractivity contribution in [2.45, 2.75) is 17.9 Å². The minimum Gasteiger partial charge on any atom is -0.481 e. The van der Waals surface area contributed by atoms with Crippen LogP contribution in [0.2, 0.25) is 15.1 Å². The average Bonchev–Trinajstić information content (AvgIpc) is 3.10. The molecule has 0 saturated heterocycles. The highest BCUT2D eigenvalue weighted by Crippen LogP contribution is 2.34. The summed E-state index contributed by atoms with van der Waals surface area (Å²) < 4.78 is 28.6. The lowest BCUT2D eigenvalue weighted by atomic mass is 10.0. The van der Waals surface area contributed by atoms with Gasteiger partial charge in [0.05, 0.1) is 17.1 Å². The minimum absolute atomic E-state index is 0.0336. The molecule has 0 saturated carbocycles. The van der Waals surface area contributed by atoms with Gasteiger partial charge in [0.1, 0.15) is 4.90 Å². The Hall–Kier alpha value is -2.55. The van der Waals surface area contributed by atoms with Crippen LogP contribution in [0.25, 0.3) is 22.2 Å². The molecule has 0 bridgehead atoms. The second kappa shape index (κ2) is 9.37. The van der Waals surface area contributed by atoms with Crippen LogP contribution in [0, 0.1) is 0 Å². The highest BCUT2D eigenvalue weighted by Gasteiger charge is 2.22. The number of H-pyrrole nitrogens is 1. The molecule has 3 aromatic carbocycles. The fourth-order valence-corrected chi connectivity index (χ4v) is 5.73. The van der Waals surface area contributed by atoms with E-state index in [2.05, 4.69) is 9.71 Å². The molecule has 0 atom stereocenters. The Labute approximate surface area is 205 Å². The Bertz CT molecular complexity index is 1460. The van der Waals surface area contributed by atoms with Crippen molar-refractivity contribution in [2.24, 2.45) is 0 Å². The largest absolute Gasteiger partial charge is 0.481 e. The van der Waals surface area contributed by atoms with E-state index in [0.717, 1.165) is 10.9 Å². The maximum Gasteiger partial charge on any atom is 0.307 e. The molecule has 3 N–H and O–H groups in total. The van der Waals surface area contributed by atoms with Gasteiger partial charge in [-0.15, -0.1) is 0 Å². The molecular formula is C23H17Cl3N2O4S. The van der Waals surface area contributed by atoms with E-state index in [1.807, 2.05) is 24.3 Å². The van der Waals surface area contributed by atoms with E-state index in [9.17, 15) is 18.3 Å². The van der Waals surface area contributed by atoms with Crippen molar-refractivity contribution in [3.63, 3.8) is 0 Å². The van der Waals surface area contributed by atoms with Gasteiger partial charge in [-0.2, -0.15) is 0 Å². The molecule has 0 aliphatic heterocycles. The van der Waals surface area contributed by atoms with E-state index in [1.165, 1.54) is 12.1 Å². The summed E-state index contributed by atoms with van der Waals surface area (Å²) in [4.78, 5) is 14.6. The van der Waals surface area contributed by atoms with Crippen molar-refractivity contribution in [1.29, 1.82) is 0 Å². The van der Waals surface area contributed by atoms with Gasteiger partial charge in [-0.3, -0.25) is 4.79 Å². The van der Waals surface area contributed by atoms with Gasteiger partial charge < -0.3 is 10.1 Å². The van der Waals surface area contributed by atoms with Crippen LogP contribution in [-0.4, -0.2) is 24.5 Å². The number of aliphatic carboxylic acids is 1. The van der Waals surface area contributed by atoms with Gasteiger partial charge in [-0.1, -0.05) is 59.1 Å². The van der Waals surface area contributed by atoms with Crippen molar-refractivity contribution in [3.8, 4) is 11.3 Å². The molecule has 0 radical (unpaired) electrons. The topological polar surface area (TPSA) is 99.3 Å². The van der Waals surface area contributed by atoms with Gasteiger partial charge in [-0.05, 0) is 53.1 Å². The van der Waals surface area contributed by atoms with Crippen molar-refractivity contribution in [1.82, 2.24) is 9.71 Å². The summed E-state index contributed by atoms with van der Waals surface area (Å²) in [7, 11) is -4.01. The molecule has 0 aliphatic carbocycles. The summed E-state index contributed by atoms with van der Waals surface area (Å²) in [6.45, 7) is -0.0418. The number of fused-ring (bicyclic) bond motifs is 1. The third-order valence-corrected chi connectivity index (χ3v) is 7.36. The lowest BCUT2D eigenvalue weighted by Gasteiger charge is -2.11. The number of hydrogen-bond acceptors (Lipinski definition) is 3. The molecule has 6 nitrogen and oxygen atoms in total. The van der Waals surface area contributed by atoms with Crippen LogP contribution in [0.4, 0.5) is 0 Å². The number of benzene rings is 3. The molecule has 0 fully saturated rings. The summed E-state index contributed by atoms with van der Waals surface area (Å²) in [6.07, 6.45) is -0.224. The van der Waals surface area contributed by atoms with Gasteiger partial charge in [0, 0.05) is 27.5 Å². The van der Waals surface area contributed by atoms with Crippen LogP contribution in [0.3, 0.4) is 0 Å². The summed E-state index contributed by atoms with van der Waals surface area (Å²) in [5, 5.41) is 11.0. The second-order valence-corrected chi connectivity index (χ2v) is 10.4. The monoisotopic (exact) mass is 522 g/mol. The standard InChI is InChI=1S/C23H17Cl3N2O4S/c24-15-7-13(8-16(25)10-15)12-27-33(31,32)21-9-14(5-6-19(21)26)23-18(11-22(29)30)17-3-1-2-4-20(17)28-23/h1-10,27-28H,11-12H2,(H,29,30). The summed E-state index contributed by atoms with van der Waals surface area (Å²) in [5.74, 6) is -0.996. The molecule has 0 unspecified atom stereocenters. The smallest absolute Gasteiger partial charge is 0.307 e. The zero-order valence-corrected chi connectivity index (χ0v) is 20.0. The molecule has 33 heavy (non-hydrogen) atoms. The number of aromatic nitrogens is 1. The third-order valence-electron chi connectivity index (χ3n) is 5.04. The number of carbonyl (C=O) groups is 1. The second-order valence-electron chi connectivity index (χ2n) is 7.34. The maximum absolute atomic E-state index is 13.0. The van der Waals surface area contributed by atoms with Crippen LogP contribution in [0.5, 0.6) is 0 Å². The number of hydrogen-bond donors (Lipinski definition) is 3. The van der Waals surface area contributed by atoms with Gasteiger partial charge in [0.2, 0.25) is 10.0 Å². The van der Waals surface area contributed by atoms with E-state index in [4.69, 9.17) is 34.8 Å². The quantitative estimate of drug-likeness (QED) is 0.281. The first-order valence-electron chi connectivity index (χ1n) is 9.70. The van der Waals surface area contributed by atoms with E-state index in [0.29, 0.717) is 32.4 Å². The number of halogens is 3. The van der Waals surface area contributed by atoms with Gasteiger partial charge >= 0.3 is 5.97 Å². The molecule has 10 heteroatoms. The lowest BCUT2D eigenvalue weighted by Crippen LogP contribution is -2.23. The molecule has 0 aliphatic rings. The maximum atomic E-state index is 13.0. The predicted molar refractivity (Wildman–Crippen MR) is 131 cm³/mol. The van der Waals surface area contributed by atoms with Gasteiger partial charge in [0.15, 0.2) is 0 Å². The zero-order chi connectivity index (χ0) is 23.8. The number of sulfonamides is 1. The van der Waals surface area contributed by atoms with Crippen molar-refractivity contribution < 1.29 is 18.3 Å². The Morgan fingerprint density at radius 3 is 2.36 bits per heavy atom. The highest BCUT2D eigenvalue weighted by atomic mass is 35.5. The van der Waals surface area contributed by atoms with E-state index >= 15 is 0 Å². The Morgan fingerprint density at radius 2 is 1.67 bits per heavy atom. The fraction of sp³-hybridized carbons (Fsp3) is 0.0870. The Balaban J connectivity index is 1.73. The number of carboxylic acid groups (broad SMARTS) is 1. The molecule has 1 aromatic heterocycles. The summed E-state index contributed by atoms with van der Waals surface area (Å²) in [6, 6.07) is 16.6. The first-order valence-corrected chi connectivity index (χ1v) is 12.3. The number of para-hydroxylation sites is 1. The number of aromatic amines is 1. The van der Waals surface area contributed by atoms with Crippen LogP contribution in [-0.2, 0) is 27.8 Å². The molecule has 4 rings (SSSR count). The Morgan fingerprint density at radius 1 is 0.970 bits per heavy atom. The van der Waals surface area contributed by atoms with Gasteiger partial charge in [0.25, 0.3) is 0 Å². The highest BCUT2D eigenvalue weighted by molar-refractivity contribution is 7.89. The third kappa shape index (κ3) is 5.18. The zero-order valence-electron chi connectivity index (χ0n) is 16.9. The molecule has 0 spiro atoms. The Kier molecular flexibility index (Phi) is 6.70. The molecule has 1 heterocycles. The SMILES string of the molecule is O=C(O)Cc1c(-c2ccc(Cl)c(S(=O)(=O)NCc3cc(Cl)cc(Cl)c3)c2)[nH]c2ccccc12. The van der Waals surface area contributed by atoms with Crippen LogP contribution < -0.4 is 4.72 Å². The van der Waals surface area contributed by atoms with Crippen LogP contribution in [0.15, 0.2) is 65.6 Å². The summed E-state index contributed by atoms with van der Waals surface area (Å²) in [5.41, 5.74) is 2.92. The number of rotatable bonds is 7. The lowest BCUT2D eigenvalue weighted by molar-refractivity contribution is -0.136. The fourth-order valence-electron chi connectivity index (χ4n) is 3.62. The van der Waals surface area contributed by atoms with Crippen molar-refractivity contribution in [3.05, 3.63) is 86.9 Å². The van der Waals surface area contributed by atoms with Crippen LogP contribution in [0.1, 0.15) is 11.1 Å². The molecule has 170 valence electrons. The van der Waals surface area contributed by atoms with Gasteiger partial charge in [-0.25, -0.2) is 13.1 Å². The average molecular weight is 524 g/mol. The molecular weight excluding hydrogens is 507 g/mol. The van der Waals surface area contributed by atoms with Crippen molar-refractivity contribution in [2.75, 3.05) is 0 Å². The minimum atomic E-state index is -4.01. The number of carboxylic acids is 1. The van der Waals surface area contributed by atoms with E-state index in [1.54, 1.807) is 24.3 Å². The van der Waals surface area contributed by atoms with Crippen LogP contribution >= 0.6 is 34.8 Å².